The summed E-state index contributed by atoms with van der Waals surface area (Å²) in [6.07, 6.45) is 4.78. The van der Waals surface area contributed by atoms with Crippen molar-refractivity contribution in [3.63, 3.8) is 0 Å². The smallest absolute Gasteiger partial charge is 0.235 e. The first-order valence-electron chi connectivity index (χ1n) is 4.13. The van der Waals surface area contributed by atoms with E-state index in [1.54, 1.807) is 12.4 Å². The first-order valence-corrected chi connectivity index (χ1v) is 4.13. The molecule has 0 saturated carbocycles. The molecule has 0 radical (unpaired) electrons. The van der Waals surface area contributed by atoms with Gasteiger partial charge < -0.3 is 0 Å². The number of nitrogens with zero attached hydrogens (tertiary/aromatic N) is 3. The third kappa shape index (κ3) is 1.65. The second-order valence-corrected chi connectivity index (χ2v) is 2.79. The average molecular weight is 185 g/mol. The van der Waals surface area contributed by atoms with E-state index in [1.807, 2.05) is 18.2 Å². The number of aromatic nitrogens is 2. The van der Waals surface area contributed by atoms with E-state index in [9.17, 15) is 4.79 Å². The lowest BCUT2D eigenvalue weighted by Gasteiger charge is -1.97. The zero-order chi connectivity index (χ0) is 9.80. The Balaban J connectivity index is 2.45. The topological polar surface area (TPSA) is 55.2 Å². The van der Waals surface area contributed by atoms with Gasteiger partial charge in [0, 0.05) is 12.4 Å². The van der Waals surface area contributed by atoms with E-state index >= 15 is 0 Å². The standard InChI is InChI=1S/C10H7N3O/c14-7-11-6-8-1-2-9-10(5-8)13-4-3-12-9/h1-5H,6H2. The number of rotatable bonds is 2. The zero-order valence-electron chi connectivity index (χ0n) is 7.34. The third-order valence-electron chi connectivity index (χ3n) is 1.86. The van der Waals surface area contributed by atoms with Crippen LogP contribution in [0.25, 0.3) is 11.0 Å². The Hall–Kier alpha value is -2.06. The van der Waals surface area contributed by atoms with Gasteiger partial charge in [-0.1, -0.05) is 6.07 Å². The molecule has 0 saturated heterocycles. The van der Waals surface area contributed by atoms with E-state index in [2.05, 4.69) is 15.0 Å². The highest BCUT2D eigenvalue weighted by Crippen LogP contribution is 2.11. The highest BCUT2D eigenvalue weighted by atomic mass is 16.1. The van der Waals surface area contributed by atoms with Crippen molar-refractivity contribution in [2.75, 3.05) is 0 Å². The van der Waals surface area contributed by atoms with Crippen LogP contribution in [0.3, 0.4) is 0 Å². The molecule has 0 fully saturated rings. The van der Waals surface area contributed by atoms with Gasteiger partial charge in [0.05, 0.1) is 17.6 Å². The molecule has 4 heteroatoms. The molecule has 14 heavy (non-hydrogen) atoms. The van der Waals surface area contributed by atoms with Crippen molar-refractivity contribution in [2.24, 2.45) is 4.99 Å². The summed E-state index contributed by atoms with van der Waals surface area (Å²) >= 11 is 0. The predicted molar refractivity (Wildman–Crippen MR) is 51.4 cm³/mol. The first kappa shape index (κ1) is 8.53. The Bertz CT molecular complexity index is 503. The quantitative estimate of drug-likeness (QED) is 0.525. The molecule has 1 heterocycles. The van der Waals surface area contributed by atoms with Crippen molar-refractivity contribution in [1.29, 1.82) is 0 Å². The van der Waals surface area contributed by atoms with Gasteiger partial charge in [0.2, 0.25) is 6.08 Å². The van der Waals surface area contributed by atoms with Gasteiger partial charge in [0.25, 0.3) is 0 Å². The molecule has 0 N–H and O–H groups in total. The monoisotopic (exact) mass is 185 g/mol. The van der Waals surface area contributed by atoms with E-state index in [4.69, 9.17) is 0 Å². The van der Waals surface area contributed by atoms with Gasteiger partial charge in [-0.2, -0.15) is 0 Å². The Morgan fingerprint density at radius 1 is 1.21 bits per heavy atom. The van der Waals surface area contributed by atoms with Crippen molar-refractivity contribution in [3.8, 4) is 0 Å². The fraction of sp³-hybridized carbons (Fsp3) is 0.100. The van der Waals surface area contributed by atoms with Gasteiger partial charge in [-0.05, 0) is 17.7 Å². The van der Waals surface area contributed by atoms with Crippen LogP contribution in [0.4, 0.5) is 0 Å². The van der Waals surface area contributed by atoms with Crippen LogP contribution in [0.2, 0.25) is 0 Å². The Morgan fingerprint density at radius 2 is 2.00 bits per heavy atom. The molecule has 4 nitrogen and oxygen atoms in total. The van der Waals surface area contributed by atoms with Crippen molar-refractivity contribution >= 4 is 17.1 Å². The number of isocyanates is 1. The molecular weight excluding hydrogens is 178 g/mol. The van der Waals surface area contributed by atoms with Crippen molar-refractivity contribution in [1.82, 2.24) is 9.97 Å². The lowest BCUT2D eigenvalue weighted by Crippen LogP contribution is -1.85. The number of benzene rings is 1. The number of hydrogen-bond acceptors (Lipinski definition) is 4. The van der Waals surface area contributed by atoms with Gasteiger partial charge >= 0.3 is 0 Å². The molecule has 0 unspecified atom stereocenters. The second kappa shape index (κ2) is 3.77. The minimum absolute atomic E-state index is 0.343. The molecular formula is C10H7N3O. The van der Waals surface area contributed by atoms with Crippen LogP contribution in [0.15, 0.2) is 35.6 Å². The maximum absolute atomic E-state index is 9.92. The van der Waals surface area contributed by atoms with Crippen LogP contribution in [-0.4, -0.2) is 16.0 Å². The van der Waals surface area contributed by atoms with Gasteiger partial charge in [-0.25, -0.2) is 9.79 Å². The fourth-order valence-corrected chi connectivity index (χ4v) is 1.23. The SMILES string of the molecule is O=C=NCc1ccc2nccnc2c1. The van der Waals surface area contributed by atoms with E-state index in [1.165, 1.54) is 6.08 Å². The molecule has 0 spiro atoms. The average Bonchev–Trinajstić information content (AvgIpc) is 2.26. The molecule has 2 aromatic rings. The van der Waals surface area contributed by atoms with Crippen LogP contribution >= 0.6 is 0 Å². The second-order valence-electron chi connectivity index (χ2n) is 2.79. The Labute approximate surface area is 80.3 Å². The number of hydrogen-bond donors (Lipinski definition) is 0. The maximum Gasteiger partial charge on any atom is 0.235 e. The minimum Gasteiger partial charge on any atom is -0.253 e. The first-order chi connectivity index (χ1) is 6.90. The summed E-state index contributed by atoms with van der Waals surface area (Å²) in [7, 11) is 0. The normalized spacial score (nSPS) is 9.71. The summed E-state index contributed by atoms with van der Waals surface area (Å²) in [6.45, 7) is 0.343. The molecule has 0 aliphatic heterocycles. The highest BCUT2D eigenvalue weighted by molar-refractivity contribution is 5.74. The van der Waals surface area contributed by atoms with E-state index in [0.29, 0.717) is 6.54 Å². The summed E-state index contributed by atoms with van der Waals surface area (Å²) < 4.78 is 0. The molecule has 1 aromatic carbocycles. The molecule has 2 rings (SSSR count). The molecule has 1 aromatic heterocycles. The lowest BCUT2D eigenvalue weighted by molar-refractivity contribution is 0.563. The van der Waals surface area contributed by atoms with Crippen LogP contribution in [0.1, 0.15) is 5.56 Å². The number of aliphatic imine (C=N–C) groups is 1. The van der Waals surface area contributed by atoms with Crippen LogP contribution in [0.5, 0.6) is 0 Å². The van der Waals surface area contributed by atoms with Crippen molar-refractivity contribution in [2.45, 2.75) is 6.54 Å². The van der Waals surface area contributed by atoms with Crippen LogP contribution < -0.4 is 0 Å². The van der Waals surface area contributed by atoms with E-state index in [-0.39, 0.29) is 0 Å². The predicted octanol–water partition coefficient (Wildman–Crippen LogP) is 1.47. The molecule has 0 atom stereocenters. The van der Waals surface area contributed by atoms with E-state index in [0.717, 1.165) is 16.6 Å². The molecule has 68 valence electrons. The highest BCUT2D eigenvalue weighted by Gasteiger charge is 1.96. The molecule has 0 bridgehead atoms. The maximum atomic E-state index is 9.92. The summed E-state index contributed by atoms with van der Waals surface area (Å²) in [4.78, 5) is 21.7. The van der Waals surface area contributed by atoms with Gasteiger partial charge in [-0.3, -0.25) is 9.97 Å². The van der Waals surface area contributed by atoms with Gasteiger partial charge in [-0.15, -0.1) is 0 Å². The van der Waals surface area contributed by atoms with Crippen molar-refractivity contribution < 1.29 is 4.79 Å². The minimum atomic E-state index is 0.343. The van der Waals surface area contributed by atoms with Crippen LogP contribution in [-0.2, 0) is 11.3 Å². The van der Waals surface area contributed by atoms with Gasteiger partial charge in [0.15, 0.2) is 0 Å². The summed E-state index contributed by atoms with van der Waals surface area (Å²) in [6, 6.07) is 5.60. The summed E-state index contributed by atoms with van der Waals surface area (Å²) in [5.74, 6) is 0. The van der Waals surface area contributed by atoms with Gasteiger partial charge in [0.1, 0.15) is 0 Å². The fourth-order valence-electron chi connectivity index (χ4n) is 1.23. The Morgan fingerprint density at radius 3 is 2.79 bits per heavy atom. The Kier molecular flexibility index (Phi) is 2.30. The number of fused-ring (bicyclic) bond motifs is 1. The molecule has 0 aliphatic carbocycles. The molecule has 0 aliphatic rings. The van der Waals surface area contributed by atoms with E-state index < -0.39 is 0 Å². The zero-order valence-corrected chi connectivity index (χ0v) is 7.34. The third-order valence-corrected chi connectivity index (χ3v) is 1.86. The largest absolute Gasteiger partial charge is 0.253 e. The molecule has 0 amide bonds. The number of carbonyl (C=O) groups excluding carboxylic acids is 1. The lowest BCUT2D eigenvalue weighted by atomic mass is 10.2. The summed E-state index contributed by atoms with van der Waals surface area (Å²) in [5.41, 5.74) is 2.58. The van der Waals surface area contributed by atoms with Crippen molar-refractivity contribution in [3.05, 3.63) is 36.2 Å². The van der Waals surface area contributed by atoms with Crippen LogP contribution in [0, 0.1) is 0 Å². The summed E-state index contributed by atoms with van der Waals surface area (Å²) in [5, 5.41) is 0.